The average molecular weight is 349 g/mol. The number of anilines is 1. The second-order valence-corrected chi connectivity index (χ2v) is 6.27. The highest BCUT2D eigenvalue weighted by molar-refractivity contribution is 5.57. The van der Waals surface area contributed by atoms with Crippen molar-refractivity contribution in [3.05, 3.63) is 133 Å². The van der Waals surface area contributed by atoms with Crippen molar-refractivity contribution in [3.8, 4) is 5.69 Å². The molecule has 130 valence electrons. The molecule has 0 saturated heterocycles. The first-order chi connectivity index (χ1) is 13.4. The van der Waals surface area contributed by atoms with E-state index in [2.05, 4.69) is 101 Å². The molecule has 0 saturated carbocycles. The Balaban J connectivity index is 1.40. The van der Waals surface area contributed by atoms with E-state index in [0.29, 0.717) is 0 Å². The summed E-state index contributed by atoms with van der Waals surface area (Å²) < 4.78 is 2.11. The third-order valence-corrected chi connectivity index (χ3v) is 4.40. The van der Waals surface area contributed by atoms with Gasteiger partial charge in [0, 0.05) is 42.4 Å². The Morgan fingerprint density at radius 1 is 0.704 bits per heavy atom. The molecule has 0 spiro atoms. The molecule has 0 fully saturated rings. The average Bonchev–Trinajstić information content (AvgIpc) is 2.76. The predicted octanol–water partition coefficient (Wildman–Crippen LogP) is 5.45. The van der Waals surface area contributed by atoms with Crippen LogP contribution >= 0.6 is 0 Å². The van der Waals surface area contributed by atoms with Gasteiger partial charge in [0.2, 0.25) is 5.69 Å². The van der Waals surface area contributed by atoms with E-state index in [-0.39, 0.29) is 0 Å². The van der Waals surface area contributed by atoms with Gasteiger partial charge in [-0.05, 0) is 35.4 Å². The molecule has 2 heterocycles. The molecule has 2 aromatic carbocycles. The van der Waals surface area contributed by atoms with Crippen molar-refractivity contribution in [1.82, 2.24) is 0 Å². The molecule has 3 aromatic rings. The van der Waals surface area contributed by atoms with E-state index in [0.717, 1.165) is 11.4 Å². The summed E-state index contributed by atoms with van der Waals surface area (Å²) in [7, 11) is 0. The van der Waals surface area contributed by atoms with E-state index >= 15 is 0 Å². The van der Waals surface area contributed by atoms with E-state index in [4.69, 9.17) is 0 Å². The molecule has 4 rings (SSSR count). The summed E-state index contributed by atoms with van der Waals surface area (Å²) in [6.45, 7) is 0. The van der Waals surface area contributed by atoms with Gasteiger partial charge in [0.05, 0.1) is 0 Å². The molecule has 27 heavy (non-hydrogen) atoms. The summed E-state index contributed by atoms with van der Waals surface area (Å²) in [5.74, 6) is 0. The van der Waals surface area contributed by atoms with Crippen LogP contribution in [0.3, 0.4) is 0 Å². The normalized spacial score (nSPS) is 13.3. The van der Waals surface area contributed by atoms with Crippen molar-refractivity contribution >= 4 is 11.8 Å². The lowest BCUT2D eigenvalue weighted by molar-refractivity contribution is -0.595. The molecule has 0 unspecified atom stereocenters. The Bertz CT molecular complexity index is 979. The molecule has 1 aliphatic heterocycles. The Morgan fingerprint density at radius 2 is 1.33 bits per heavy atom. The number of rotatable bonds is 4. The highest BCUT2D eigenvalue weighted by Crippen LogP contribution is 2.19. The zero-order valence-electron chi connectivity index (χ0n) is 15.0. The van der Waals surface area contributed by atoms with Crippen LogP contribution in [0, 0.1) is 0 Å². The SMILES string of the molecule is C1=CN(c2ccccc2)C=CC1=C/C=C/c1cc[n+](-c2ccccc2)cc1. The zero-order valence-corrected chi connectivity index (χ0v) is 15.0. The minimum absolute atomic E-state index is 1.16. The molecular weight excluding hydrogens is 328 g/mol. The van der Waals surface area contributed by atoms with Crippen LogP contribution in [0.2, 0.25) is 0 Å². The molecule has 2 nitrogen and oxygen atoms in total. The Labute approximate surface area is 160 Å². The molecule has 0 bridgehead atoms. The number of hydrogen-bond acceptors (Lipinski definition) is 1. The maximum Gasteiger partial charge on any atom is 0.210 e. The lowest BCUT2D eigenvalue weighted by Crippen LogP contribution is -2.28. The second kappa shape index (κ2) is 8.15. The zero-order chi connectivity index (χ0) is 18.3. The first kappa shape index (κ1) is 16.8. The van der Waals surface area contributed by atoms with Crippen molar-refractivity contribution < 1.29 is 4.57 Å². The number of allylic oxidation sites excluding steroid dienone is 5. The fraction of sp³-hybridized carbons (Fsp3) is 0. The topological polar surface area (TPSA) is 7.12 Å². The highest BCUT2D eigenvalue weighted by atomic mass is 15.1. The number of hydrogen-bond donors (Lipinski definition) is 0. The summed E-state index contributed by atoms with van der Waals surface area (Å²) in [5.41, 5.74) is 4.67. The van der Waals surface area contributed by atoms with Gasteiger partial charge in [0.1, 0.15) is 0 Å². The number of para-hydroxylation sites is 2. The molecule has 1 aromatic heterocycles. The minimum atomic E-state index is 1.16. The van der Waals surface area contributed by atoms with Crippen LogP contribution in [0.25, 0.3) is 11.8 Å². The van der Waals surface area contributed by atoms with E-state index < -0.39 is 0 Å². The van der Waals surface area contributed by atoms with Gasteiger partial charge in [-0.1, -0.05) is 54.6 Å². The number of nitrogens with zero attached hydrogens (tertiary/aromatic N) is 2. The third kappa shape index (κ3) is 4.31. The third-order valence-electron chi connectivity index (χ3n) is 4.40. The van der Waals surface area contributed by atoms with Crippen molar-refractivity contribution in [2.24, 2.45) is 0 Å². The van der Waals surface area contributed by atoms with Gasteiger partial charge in [-0.2, -0.15) is 4.57 Å². The van der Waals surface area contributed by atoms with Gasteiger partial charge in [-0.25, -0.2) is 0 Å². The van der Waals surface area contributed by atoms with Gasteiger partial charge in [-0.3, -0.25) is 0 Å². The van der Waals surface area contributed by atoms with Crippen LogP contribution in [0.4, 0.5) is 5.69 Å². The van der Waals surface area contributed by atoms with Gasteiger partial charge in [0.15, 0.2) is 12.4 Å². The van der Waals surface area contributed by atoms with Crippen LogP contribution in [-0.4, -0.2) is 0 Å². The summed E-state index contributed by atoms with van der Waals surface area (Å²) in [6.07, 6.45) is 18.9. The number of pyridine rings is 1. The molecule has 1 aliphatic rings. The molecule has 0 atom stereocenters. The molecule has 2 heteroatoms. The molecule has 0 N–H and O–H groups in total. The summed E-state index contributed by atoms with van der Waals surface area (Å²) in [4.78, 5) is 2.11. The fourth-order valence-corrected chi connectivity index (χ4v) is 2.91. The number of benzene rings is 2. The summed E-state index contributed by atoms with van der Waals surface area (Å²) >= 11 is 0. The quantitative estimate of drug-likeness (QED) is 0.568. The smallest absolute Gasteiger partial charge is 0.210 e. The van der Waals surface area contributed by atoms with E-state index in [1.54, 1.807) is 0 Å². The van der Waals surface area contributed by atoms with Crippen molar-refractivity contribution in [2.45, 2.75) is 0 Å². The largest absolute Gasteiger partial charge is 0.324 e. The lowest BCUT2D eigenvalue weighted by Gasteiger charge is -2.18. The first-order valence-corrected chi connectivity index (χ1v) is 9.03. The molecular formula is C25H21N2+. The molecule has 0 amide bonds. The molecule has 0 radical (unpaired) electrons. The van der Waals surface area contributed by atoms with E-state index in [1.165, 1.54) is 11.1 Å². The van der Waals surface area contributed by atoms with Gasteiger partial charge in [-0.15, -0.1) is 0 Å². The van der Waals surface area contributed by atoms with E-state index in [9.17, 15) is 0 Å². The maximum absolute atomic E-state index is 2.12. The van der Waals surface area contributed by atoms with Crippen molar-refractivity contribution in [1.29, 1.82) is 0 Å². The fourth-order valence-electron chi connectivity index (χ4n) is 2.91. The Kier molecular flexibility index (Phi) is 5.07. The Morgan fingerprint density at radius 3 is 2.00 bits per heavy atom. The van der Waals surface area contributed by atoms with Crippen LogP contribution in [0.15, 0.2) is 127 Å². The van der Waals surface area contributed by atoms with Crippen LogP contribution in [0.1, 0.15) is 5.56 Å². The highest BCUT2D eigenvalue weighted by Gasteiger charge is 2.03. The minimum Gasteiger partial charge on any atom is -0.324 e. The maximum atomic E-state index is 2.12. The first-order valence-electron chi connectivity index (χ1n) is 9.03. The lowest BCUT2D eigenvalue weighted by atomic mass is 10.1. The summed E-state index contributed by atoms with van der Waals surface area (Å²) in [6, 6.07) is 24.9. The Hall–Kier alpha value is -3.65. The predicted molar refractivity (Wildman–Crippen MR) is 112 cm³/mol. The van der Waals surface area contributed by atoms with Crippen LogP contribution in [0.5, 0.6) is 0 Å². The van der Waals surface area contributed by atoms with Crippen molar-refractivity contribution in [3.63, 3.8) is 0 Å². The van der Waals surface area contributed by atoms with E-state index in [1.807, 2.05) is 36.4 Å². The van der Waals surface area contributed by atoms with Crippen LogP contribution in [-0.2, 0) is 0 Å². The second-order valence-electron chi connectivity index (χ2n) is 6.27. The molecule has 0 aliphatic carbocycles. The summed E-state index contributed by atoms with van der Waals surface area (Å²) in [5, 5.41) is 0. The van der Waals surface area contributed by atoms with Gasteiger partial charge >= 0.3 is 0 Å². The number of aromatic nitrogens is 1. The van der Waals surface area contributed by atoms with Gasteiger partial charge in [0.25, 0.3) is 0 Å². The van der Waals surface area contributed by atoms with Crippen molar-refractivity contribution in [2.75, 3.05) is 4.90 Å². The van der Waals surface area contributed by atoms with Crippen LogP contribution < -0.4 is 9.47 Å². The monoisotopic (exact) mass is 349 g/mol. The van der Waals surface area contributed by atoms with Gasteiger partial charge < -0.3 is 4.90 Å². The standard InChI is InChI=1S/C25H21N2/c1-3-10-24(11-4-1)26-18-14-22(15-19-26)8-7-9-23-16-20-27(21-17-23)25-12-5-2-6-13-25/h1-21H/q+1.